The number of carbonyl (C=O) groups excluding carboxylic acids is 4. The van der Waals surface area contributed by atoms with Crippen LogP contribution in [0, 0.1) is 11.3 Å². The summed E-state index contributed by atoms with van der Waals surface area (Å²) in [5.41, 5.74) is -5.63. The highest BCUT2D eigenvalue weighted by molar-refractivity contribution is 7.91. The van der Waals surface area contributed by atoms with E-state index in [4.69, 9.17) is 14.2 Å². The predicted octanol–water partition coefficient (Wildman–Crippen LogP) is 3.86. The molecule has 1 aromatic heterocycles. The lowest BCUT2D eigenvalue weighted by Crippen LogP contribution is -2.60. The molecule has 2 bridgehead atoms. The Bertz CT molecular complexity index is 2130. The minimum Gasteiger partial charge on any atom is -0.468 e. The van der Waals surface area contributed by atoms with Gasteiger partial charge in [-0.1, -0.05) is 39.0 Å². The van der Waals surface area contributed by atoms with Crippen molar-refractivity contribution in [3.63, 3.8) is 0 Å². The molecule has 15 nitrogen and oxygen atoms in total. The van der Waals surface area contributed by atoms with Gasteiger partial charge in [-0.05, 0) is 69.1 Å². The number of carbonyl (C=O) groups is 4. The third-order valence-corrected chi connectivity index (χ3v) is 13.1. The molecule has 3 aliphatic carbocycles. The van der Waals surface area contributed by atoms with Crippen molar-refractivity contribution in [1.82, 2.24) is 30.2 Å². The van der Waals surface area contributed by atoms with Gasteiger partial charge in [0.05, 0.1) is 41.5 Å². The van der Waals surface area contributed by atoms with Gasteiger partial charge in [-0.2, -0.15) is 8.78 Å². The Kier molecular flexibility index (Phi) is 10.7. The van der Waals surface area contributed by atoms with Crippen molar-refractivity contribution in [1.29, 1.82) is 0 Å². The Labute approximate surface area is 332 Å². The molecule has 0 radical (unpaired) electrons. The fourth-order valence-corrected chi connectivity index (χ4v) is 9.28. The first-order valence-corrected chi connectivity index (χ1v) is 20.7. The smallest absolute Gasteiger partial charge is 0.408 e. The number of amides is 4. The van der Waals surface area contributed by atoms with Crippen LogP contribution in [-0.4, -0.2) is 107 Å². The van der Waals surface area contributed by atoms with E-state index < -0.39 is 129 Å². The van der Waals surface area contributed by atoms with Crippen molar-refractivity contribution in [3.05, 3.63) is 42.1 Å². The molecule has 0 unspecified atom stereocenters. The molecule has 2 aromatic rings. The number of aromatic nitrogens is 2. The molecule has 7 atom stereocenters. The van der Waals surface area contributed by atoms with Gasteiger partial charge in [-0.3, -0.25) is 19.1 Å². The average molecular weight is 839 g/mol. The summed E-state index contributed by atoms with van der Waals surface area (Å²) >= 11 is 0. The molecule has 5 aliphatic rings. The minimum absolute atomic E-state index is 0.127. The van der Waals surface area contributed by atoms with Gasteiger partial charge in [0.25, 0.3) is 5.91 Å². The average Bonchev–Trinajstić information content (AvgIpc) is 4.05. The molecule has 1 saturated heterocycles. The standard InChI is InChI=1S/C38H46F4N6O9S/c1-35(2,3)28-32(50)48-19-36(4,18-24(48)30(49)46-37(17-21(37)29(39)40)33(51)47-58(53,54)20-13-14-20)57-31-27(43-22-9-5-6-10-23(22)44-31)38(41,42)15-8-16-55-25-11-7-12-26(25)56-34(52)45-28/h5-6,8-10,15,20-21,24-26,28-29H,7,11-14,16-19H2,1-4H3,(H,45,52)(H,46,49)(H,47,51)/b15-8+/t21-,24-,25+,26+,28+,36+,37+/m0/s1. The highest BCUT2D eigenvalue weighted by Gasteiger charge is 2.67. The van der Waals surface area contributed by atoms with Crippen LogP contribution in [0.1, 0.15) is 78.3 Å². The summed E-state index contributed by atoms with van der Waals surface area (Å²) in [6.45, 7) is 5.63. The topological polar surface area (TPSA) is 195 Å². The maximum atomic E-state index is 16.2. The predicted molar refractivity (Wildman–Crippen MR) is 197 cm³/mol. The summed E-state index contributed by atoms with van der Waals surface area (Å²) in [6.07, 6.45) is -2.83. The van der Waals surface area contributed by atoms with E-state index in [0.29, 0.717) is 25.3 Å². The van der Waals surface area contributed by atoms with Gasteiger partial charge in [-0.25, -0.2) is 32.0 Å². The van der Waals surface area contributed by atoms with Crippen LogP contribution in [0.3, 0.4) is 0 Å². The zero-order chi connectivity index (χ0) is 42.0. The minimum atomic E-state index is -4.21. The highest BCUT2D eigenvalue weighted by atomic mass is 32.2. The Hall–Kier alpha value is -4.59. The quantitative estimate of drug-likeness (QED) is 0.283. The third-order valence-electron chi connectivity index (χ3n) is 11.3. The van der Waals surface area contributed by atoms with Crippen LogP contribution in [0.5, 0.6) is 5.88 Å². The van der Waals surface area contributed by atoms with Gasteiger partial charge in [0, 0.05) is 6.42 Å². The molecule has 2 aliphatic heterocycles. The molecule has 3 heterocycles. The number of para-hydroxylation sites is 2. The first-order chi connectivity index (χ1) is 27.1. The summed E-state index contributed by atoms with van der Waals surface area (Å²) in [5.74, 6) is -9.46. The van der Waals surface area contributed by atoms with Crippen LogP contribution in [0.25, 0.3) is 11.0 Å². The van der Waals surface area contributed by atoms with Gasteiger partial charge in [0.2, 0.25) is 34.1 Å². The molecule has 20 heteroatoms. The molecule has 4 fully saturated rings. The Morgan fingerprint density at radius 3 is 2.33 bits per heavy atom. The number of alkyl halides is 4. The molecule has 3 N–H and O–H groups in total. The molecule has 0 spiro atoms. The summed E-state index contributed by atoms with van der Waals surface area (Å²) in [5, 5.41) is 4.08. The number of sulfonamides is 1. The van der Waals surface area contributed by atoms with E-state index in [-0.39, 0.29) is 30.5 Å². The number of allylic oxidation sites excluding steroid dienone is 1. The lowest BCUT2D eigenvalue weighted by Gasteiger charge is -2.36. The second kappa shape index (κ2) is 14.9. The second-order valence-electron chi connectivity index (χ2n) is 17.1. The zero-order valence-corrected chi connectivity index (χ0v) is 33.1. The number of hydrogen-bond acceptors (Lipinski definition) is 11. The summed E-state index contributed by atoms with van der Waals surface area (Å²) in [4.78, 5) is 65.6. The van der Waals surface area contributed by atoms with E-state index in [1.54, 1.807) is 32.9 Å². The van der Waals surface area contributed by atoms with Crippen LogP contribution >= 0.6 is 0 Å². The fourth-order valence-electron chi connectivity index (χ4n) is 7.91. The number of halogens is 4. The molecule has 4 amide bonds. The van der Waals surface area contributed by atoms with Crippen LogP contribution in [0.4, 0.5) is 22.4 Å². The molecule has 1 aromatic carbocycles. The van der Waals surface area contributed by atoms with Gasteiger partial charge < -0.3 is 29.7 Å². The van der Waals surface area contributed by atoms with Crippen molar-refractivity contribution < 1.29 is 59.4 Å². The zero-order valence-electron chi connectivity index (χ0n) is 32.3. The normalized spacial score (nSPS) is 32.2. The maximum Gasteiger partial charge on any atom is 0.408 e. The number of fused-ring (bicyclic) bond motifs is 5. The van der Waals surface area contributed by atoms with E-state index in [9.17, 15) is 36.4 Å². The molecule has 3 saturated carbocycles. The molecule has 7 rings (SSSR count). The number of nitrogens with zero attached hydrogens (tertiary/aromatic N) is 3. The number of ether oxygens (including phenoxy) is 3. The lowest BCUT2D eigenvalue weighted by atomic mass is 9.85. The van der Waals surface area contributed by atoms with E-state index in [0.717, 1.165) is 11.0 Å². The van der Waals surface area contributed by atoms with Gasteiger partial charge >= 0.3 is 12.0 Å². The van der Waals surface area contributed by atoms with Gasteiger partial charge in [-0.15, -0.1) is 0 Å². The Morgan fingerprint density at radius 2 is 1.69 bits per heavy atom. The summed E-state index contributed by atoms with van der Waals surface area (Å²) < 4.78 is 106. The van der Waals surface area contributed by atoms with Crippen molar-refractivity contribution in [2.45, 2.75) is 126 Å². The number of alkyl carbamates (subject to hydrolysis) is 1. The van der Waals surface area contributed by atoms with Crippen LogP contribution in [0.15, 0.2) is 36.4 Å². The van der Waals surface area contributed by atoms with E-state index in [2.05, 4.69) is 20.6 Å². The number of rotatable bonds is 6. The van der Waals surface area contributed by atoms with E-state index >= 15 is 8.78 Å². The Morgan fingerprint density at radius 1 is 1.02 bits per heavy atom. The molecule has 316 valence electrons. The first-order valence-electron chi connectivity index (χ1n) is 19.2. The fraction of sp³-hybridized carbons (Fsp3) is 0.632. The molecular formula is C38H46F4N6O9S. The largest absolute Gasteiger partial charge is 0.468 e. The lowest BCUT2D eigenvalue weighted by molar-refractivity contribution is -0.143. The summed E-state index contributed by atoms with van der Waals surface area (Å²) in [7, 11) is -4.21. The third kappa shape index (κ3) is 8.31. The second-order valence-corrected chi connectivity index (χ2v) is 19.1. The first kappa shape index (κ1) is 41.6. The highest BCUT2D eigenvalue weighted by Crippen LogP contribution is 2.49. The van der Waals surface area contributed by atoms with Crippen LogP contribution in [-0.2, 0) is 39.8 Å². The number of nitrogens with one attached hydrogen (secondary N) is 3. The van der Waals surface area contributed by atoms with Crippen LogP contribution < -0.4 is 20.1 Å². The maximum absolute atomic E-state index is 16.2. The van der Waals surface area contributed by atoms with Gasteiger partial charge in [0.1, 0.15) is 29.3 Å². The van der Waals surface area contributed by atoms with E-state index in [1.807, 2.05) is 4.72 Å². The summed E-state index contributed by atoms with van der Waals surface area (Å²) in [6, 6.07) is 3.23. The van der Waals surface area contributed by atoms with Crippen molar-refractivity contribution in [3.8, 4) is 5.88 Å². The SMILES string of the molecule is CC(C)(C)[C@@H]1NC(=O)O[C@@H]2CCC[C@H]2OC/C=C/C(F)(F)c2nc3ccccc3nc2O[C@]2(C)C[C@@H](C(=O)N[C@]3(C(=O)NS(=O)(=O)C4CC4)C[C@H]3C(F)F)N(C2)C1=O. The molecular weight excluding hydrogens is 793 g/mol. The number of hydrogen-bond donors (Lipinski definition) is 3. The number of benzene rings is 1. The Balaban J connectivity index is 1.29. The van der Waals surface area contributed by atoms with Crippen molar-refractivity contribution in [2.24, 2.45) is 11.3 Å². The van der Waals surface area contributed by atoms with Crippen molar-refractivity contribution >= 4 is 44.9 Å². The monoisotopic (exact) mass is 838 g/mol. The van der Waals surface area contributed by atoms with Crippen LogP contribution in [0.2, 0.25) is 0 Å². The van der Waals surface area contributed by atoms with E-state index in [1.165, 1.54) is 19.1 Å². The van der Waals surface area contributed by atoms with Gasteiger partial charge in [0.15, 0.2) is 5.69 Å². The molecule has 58 heavy (non-hydrogen) atoms. The van der Waals surface area contributed by atoms with Crippen molar-refractivity contribution in [2.75, 3.05) is 13.2 Å².